The van der Waals surface area contributed by atoms with E-state index in [0.29, 0.717) is 11.8 Å². The molecule has 0 amide bonds. The maximum absolute atomic E-state index is 9.53. The van der Waals surface area contributed by atoms with E-state index < -0.39 is 0 Å². The first-order valence-corrected chi connectivity index (χ1v) is 6.60. The van der Waals surface area contributed by atoms with Gasteiger partial charge in [-0.25, -0.2) is 0 Å². The first kappa shape index (κ1) is 11.1. The molecular weight excluding hydrogens is 212 g/mol. The van der Waals surface area contributed by atoms with Crippen molar-refractivity contribution in [2.75, 3.05) is 26.2 Å². The molecule has 17 heavy (non-hydrogen) atoms. The first-order chi connectivity index (χ1) is 8.33. The summed E-state index contributed by atoms with van der Waals surface area (Å²) in [5.41, 5.74) is 2.69. The van der Waals surface area contributed by atoms with Crippen molar-refractivity contribution in [3.8, 4) is 5.75 Å². The fourth-order valence-electron chi connectivity index (χ4n) is 3.03. The van der Waals surface area contributed by atoms with Gasteiger partial charge in [0.1, 0.15) is 5.75 Å². The zero-order valence-corrected chi connectivity index (χ0v) is 10.2. The minimum atomic E-state index is 0.394. The summed E-state index contributed by atoms with van der Waals surface area (Å²) in [5, 5.41) is 13.1. The fourth-order valence-corrected chi connectivity index (χ4v) is 3.03. The molecule has 0 radical (unpaired) electrons. The lowest BCUT2D eigenvalue weighted by Crippen LogP contribution is -2.38. The standard InChI is InChI=1S/C14H20N2O/c17-12-3-4-13-11(9-12)5-6-15-14(13)10-16-7-1-2-8-16/h3-4,9,14-15,17H,1-2,5-8,10H2. The first-order valence-electron chi connectivity index (χ1n) is 6.60. The molecule has 2 aliphatic heterocycles. The average molecular weight is 232 g/mol. The van der Waals surface area contributed by atoms with Crippen LogP contribution in [0.4, 0.5) is 0 Å². The van der Waals surface area contributed by atoms with Crippen LogP contribution in [-0.2, 0) is 6.42 Å². The van der Waals surface area contributed by atoms with Crippen LogP contribution in [-0.4, -0.2) is 36.2 Å². The number of benzene rings is 1. The average Bonchev–Trinajstić information content (AvgIpc) is 2.82. The van der Waals surface area contributed by atoms with Gasteiger partial charge in [0.05, 0.1) is 0 Å². The lowest BCUT2D eigenvalue weighted by atomic mass is 9.94. The van der Waals surface area contributed by atoms with E-state index in [0.717, 1.165) is 19.5 Å². The molecule has 1 saturated heterocycles. The molecule has 0 saturated carbocycles. The van der Waals surface area contributed by atoms with E-state index in [4.69, 9.17) is 0 Å². The summed E-state index contributed by atoms with van der Waals surface area (Å²) in [7, 11) is 0. The number of aromatic hydroxyl groups is 1. The minimum absolute atomic E-state index is 0.394. The Morgan fingerprint density at radius 1 is 1.29 bits per heavy atom. The second kappa shape index (κ2) is 4.67. The zero-order chi connectivity index (χ0) is 11.7. The number of hydrogen-bond donors (Lipinski definition) is 2. The molecule has 0 aliphatic carbocycles. The molecule has 1 atom stereocenters. The molecular formula is C14H20N2O. The van der Waals surface area contributed by atoms with E-state index in [9.17, 15) is 5.11 Å². The summed E-state index contributed by atoms with van der Waals surface area (Å²) in [5.74, 6) is 0.394. The summed E-state index contributed by atoms with van der Waals surface area (Å²) in [6.45, 7) is 4.62. The van der Waals surface area contributed by atoms with Crippen LogP contribution >= 0.6 is 0 Å². The molecule has 0 aromatic heterocycles. The maximum Gasteiger partial charge on any atom is 0.115 e. The third-order valence-corrected chi connectivity index (χ3v) is 3.93. The van der Waals surface area contributed by atoms with Crippen molar-refractivity contribution in [1.82, 2.24) is 10.2 Å². The van der Waals surface area contributed by atoms with Gasteiger partial charge in [-0.15, -0.1) is 0 Å². The van der Waals surface area contributed by atoms with Crippen LogP contribution in [0, 0.1) is 0 Å². The van der Waals surface area contributed by atoms with E-state index in [1.807, 2.05) is 12.1 Å². The van der Waals surface area contributed by atoms with Crippen LogP contribution in [0.25, 0.3) is 0 Å². The number of phenolic OH excluding ortho intramolecular Hbond substituents is 1. The SMILES string of the molecule is Oc1ccc2c(c1)CCNC2CN1CCCC1. The Kier molecular flexibility index (Phi) is 3.04. The molecule has 3 nitrogen and oxygen atoms in total. The van der Waals surface area contributed by atoms with Crippen molar-refractivity contribution in [1.29, 1.82) is 0 Å². The summed E-state index contributed by atoms with van der Waals surface area (Å²) in [4.78, 5) is 2.54. The highest BCUT2D eigenvalue weighted by molar-refractivity contribution is 5.38. The monoisotopic (exact) mass is 232 g/mol. The normalized spacial score (nSPS) is 24.8. The number of nitrogens with one attached hydrogen (secondary N) is 1. The molecule has 2 N–H and O–H groups in total. The van der Waals surface area contributed by atoms with Gasteiger partial charge in [-0.1, -0.05) is 6.07 Å². The van der Waals surface area contributed by atoms with Crippen LogP contribution < -0.4 is 5.32 Å². The van der Waals surface area contributed by atoms with Crippen molar-refractivity contribution in [2.45, 2.75) is 25.3 Å². The van der Waals surface area contributed by atoms with E-state index in [1.54, 1.807) is 0 Å². The van der Waals surface area contributed by atoms with E-state index >= 15 is 0 Å². The molecule has 3 heteroatoms. The van der Waals surface area contributed by atoms with Gasteiger partial charge in [-0.05, 0) is 62.2 Å². The van der Waals surface area contributed by atoms with Crippen molar-refractivity contribution in [2.24, 2.45) is 0 Å². The quantitative estimate of drug-likeness (QED) is 0.814. The lowest BCUT2D eigenvalue weighted by Gasteiger charge is -2.30. The number of phenols is 1. The van der Waals surface area contributed by atoms with Crippen LogP contribution in [0.5, 0.6) is 5.75 Å². The van der Waals surface area contributed by atoms with Gasteiger partial charge in [-0.2, -0.15) is 0 Å². The number of likely N-dealkylation sites (tertiary alicyclic amines) is 1. The van der Waals surface area contributed by atoms with E-state index in [1.165, 1.54) is 37.1 Å². The van der Waals surface area contributed by atoms with Crippen LogP contribution in [0.15, 0.2) is 18.2 Å². The fraction of sp³-hybridized carbons (Fsp3) is 0.571. The van der Waals surface area contributed by atoms with Crippen LogP contribution in [0.2, 0.25) is 0 Å². The largest absolute Gasteiger partial charge is 0.508 e. The molecule has 92 valence electrons. The molecule has 0 bridgehead atoms. The molecule has 0 spiro atoms. The van der Waals surface area contributed by atoms with Gasteiger partial charge >= 0.3 is 0 Å². The number of hydrogen-bond acceptors (Lipinski definition) is 3. The smallest absolute Gasteiger partial charge is 0.115 e. The summed E-state index contributed by atoms with van der Waals surface area (Å²) < 4.78 is 0. The highest BCUT2D eigenvalue weighted by Crippen LogP contribution is 2.27. The van der Waals surface area contributed by atoms with Crippen molar-refractivity contribution >= 4 is 0 Å². The second-order valence-corrected chi connectivity index (χ2v) is 5.15. The Balaban J connectivity index is 1.78. The molecule has 1 fully saturated rings. The summed E-state index contributed by atoms with van der Waals surface area (Å²) in [6, 6.07) is 6.26. The predicted octanol–water partition coefficient (Wildman–Crippen LogP) is 1.67. The molecule has 1 aromatic rings. The van der Waals surface area contributed by atoms with Crippen LogP contribution in [0.1, 0.15) is 30.0 Å². The Morgan fingerprint density at radius 2 is 2.12 bits per heavy atom. The van der Waals surface area contributed by atoms with Gasteiger partial charge in [0, 0.05) is 12.6 Å². The van der Waals surface area contributed by atoms with Gasteiger partial charge in [0.25, 0.3) is 0 Å². The van der Waals surface area contributed by atoms with E-state index in [2.05, 4.69) is 16.3 Å². The van der Waals surface area contributed by atoms with Gasteiger partial charge in [-0.3, -0.25) is 0 Å². The number of fused-ring (bicyclic) bond motifs is 1. The predicted molar refractivity (Wildman–Crippen MR) is 68.2 cm³/mol. The van der Waals surface area contributed by atoms with Crippen molar-refractivity contribution < 1.29 is 5.11 Å². The Bertz CT molecular complexity index is 399. The van der Waals surface area contributed by atoms with Crippen LogP contribution in [0.3, 0.4) is 0 Å². The number of rotatable bonds is 2. The van der Waals surface area contributed by atoms with Gasteiger partial charge in [0.2, 0.25) is 0 Å². The molecule has 1 unspecified atom stereocenters. The molecule has 3 rings (SSSR count). The second-order valence-electron chi connectivity index (χ2n) is 5.15. The maximum atomic E-state index is 9.53. The number of nitrogens with zero attached hydrogens (tertiary/aromatic N) is 1. The van der Waals surface area contributed by atoms with E-state index in [-0.39, 0.29) is 0 Å². The van der Waals surface area contributed by atoms with Crippen molar-refractivity contribution in [3.63, 3.8) is 0 Å². The highest BCUT2D eigenvalue weighted by Gasteiger charge is 2.23. The van der Waals surface area contributed by atoms with Gasteiger partial charge in [0.15, 0.2) is 0 Å². The highest BCUT2D eigenvalue weighted by atomic mass is 16.3. The zero-order valence-electron chi connectivity index (χ0n) is 10.2. The third kappa shape index (κ3) is 2.31. The molecule has 1 aromatic carbocycles. The lowest BCUT2D eigenvalue weighted by molar-refractivity contribution is 0.287. The Hall–Kier alpha value is -1.06. The van der Waals surface area contributed by atoms with Gasteiger partial charge < -0.3 is 15.3 Å². The molecule has 2 heterocycles. The summed E-state index contributed by atoms with van der Waals surface area (Å²) >= 11 is 0. The van der Waals surface area contributed by atoms with Crippen molar-refractivity contribution in [3.05, 3.63) is 29.3 Å². The summed E-state index contributed by atoms with van der Waals surface area (Å²) in [6.07, 6.45) is 3.71. The Morgan fingerprint density at radius 3 is 2.94 bits per heavy atom. The Labute approximate surface area is 102 Å². The third-order valence-electron chi connectivity index (χ3n) is 3.93. The molecule has 2 aliphatic rings. The topological polar surface area (TPSA) is 35.5 Å². The minimum Gasteiger partial charge on any atom is -0.508 e.